The Morgan fingerprint density at radius 3 is 2.25 bits per heavy atom. The summed E-state index contributed by atoms with van der Waals surface area (Å²) in [5.41, 5.74) is 2.00. The zero-order valence-electron chi connectivity index (χ0n) is 17.0. The highest BCUT2D eigenvalue weighted by molar-refractivity contribution is 7.92. The van der Waals surface area contributed by atoms with Crippen molar-refractivity contribution in [3.63, 3.8) is 0 Å². The summed E-state index contributed by atoms with van der Waals surface area (Å²) in [6.07, 6.45) is 3.02. The standard InChI is InChI=1S/C21H17F2N5O3S/c1-13-14(2)28(12-26-13)20-10-21(25-11-24-20)31-18-5-3-17(4-6-18)27-32(29,30)19-8-15(22)7-16(23)9-19/h3-12,27H,1-2H3. The van der Waals surface area contributed by atoms with Gasteiger partial charge in [-0.15, -0.1) is 0 Å². The molecule has 0 aliphatic rings. The second kappa shape index (κ2) is 8.35. The van der Waals surface area contributed by atoms with Crippen molar-refractivity contribution in [2.24, 2.45) is 0 Å². The van der Waals surface area contributed by atoms with E-state index >= 15 is 0 Å². The van der Waals surface area contributed by atoms with Gasteiger partial charge in [-0.05, 0) is 50.2 Å². The molecule has 11 heteroatoms. The fraction of sp³-hybridized carbons (Fsp3) is 0.0952. The first-order valence-corrected chi connectivity index (χ1v) is 10.8. The molecule has 0 atom stereocenters. The quantitative estimate of drug-likeness (QED) is 0.467. The summed E-state index contributed by atoms with van der Waals surface area (Å²) in [7, 11) is -4.17. The maximum Gasteiger partial charge on any atom is 0.262 e. The highest BCUT2D eigenvalue weighted by atomic mass is 32.2. The monoisotopic (exact) mass is 457 g/mol. The lowest BCUT2D eigenvalue weighted by atomic mass is 10.3. The van der Waals surface area contributed by atoms with Crippen molar-refractivity contribution < 1.29 is 21.9 Å². The van der Waals surface area contributed by atoms with Gasteiger partial charge >= 0.3 is 0 Å². The topological polar surface area (TPSA) is 99.0 Å². The Bertz CT molecular complexity index is 1370. The molecule has 2 aromatic heterocycles. The van der Waals surface area contributed by atoms with Gasteiger partial charge in [0.25, 0.3) is 10.0 Å². The van der Waals surface area contributed by atoms with Crippen LogP contribution in [-0.2, 0) is 10.0 Å². The predicted octanol–water partition coefficient (Wildman–Crippen LogP) is 4.15. The molecule has 0 aliphatic carbocycles. The number of aromatic nitrogens is 4. The van der Waals surface area contributed by atoms with Crippen molar-refractivity contribution in [3.8, 4) is 17.4 Å². The van der Waals surface area contributed by atoms with Crippen molar-refractivity contribution in [2.45, 2.75) is 18.7 Å². The van der Waals surface area contributed by atoms with Crippen LogP contribution in [-0.4, -0.2) is 27.9 Å². The second-order valence-electron chi connectivity index (χ2n) is 6.84. The summed E-state index contributed by atoms with van der Waals surface area (Å²) in [6.45, 7) is 3.81. The Morgan fingerprint density at radius 2 is 1.62 bits per heavy atom. The van der Waals surface area contributed by atoms with Crippen molar-refractivity contribution >= 4 is 15.7 Å². The molecular formula is C21H17F2N5O3S. The molecule has 0 aliphatic heterocycles. The number of sulfonamides is 1. The molecule has 0 radical (unpaired) electrons. The molecule has 0 bridgehead atoms. The molecule has 2 aromatic carbocycles. The number of halogens is 2. The summed E-state index contributed by atoms with van der Waals surface area (Å²) in [5, 5.41) is 0. The molecule has 4 aromatic rings. The van der Waals surface area contributed by atoms with Gasteiger partial charge in [-0.25, -0.2) is 32.2 Å². The van der Waals surface area contributed by atoms with E-state index in [4.69, 9.17) is 4.74 Å². The third kappa shape index (κ3) is 4.57. The average molecular weight is 457 g/mol. The molecule has 0 amide bonds. The first-order valence-electron chi connectivity index (χ1n) is 9.31. The van der Waals surface area contributed by atoms with Gasteiger partial charge in [0, 0.05) is 23.5 Å². The molecular weight excluding hydrogens is 440 g/mol. The molecule has 2 heterocycles. The van der Waals surface area contributed by atoms with Gasteiger partial charge in [-0.3, -0.25) is 9.29 Å². The van der Waals surface area contributed by atoms with Crippen LogP contribution in [0, 0.1) is 25.5 Å². The lowest BCUT2D eigenvalue weighted by Gasteiger charge is -2.10. The Labute approximate surface area is 182 Å². The fourth-order valence-corrected chi connectivity index (χ4v) is 3.96. The number of nitrogens with zero attached hydrogens (tertiary/aromatic N) is 4. The van der Waals surface area contributed by atoms with Crippen LogP contribution >= 0.6 is 0 Å². The van der Waals surface area contributed by atoms with Gasteiger partial charge in [0.15, 0.2) is 0 Å². The van der Waals surface area contributed by atoms with Crippen LogP contribution in [0.15, 0.2) is 66.1 Å². The second-order valence-corrected chi connectivity index (χ2v) is 8.52. The molecule has 4 rings (SSSR count). The van der Waals surface area contributed by atoms with E-state index in [1.54, 1.807) is 17.0 Å². The average Bonchev–Trinajstić information content (AvgIpc) is 3.07. The lowest BCUT2D eigenvalue weighted by molar-refractivity contribution is 0.461. The zero-order chi connectivity index (χ0) is 22.9. The van der Waals surface area contributed by atoms with Crippen LogP contribution in [0.4, 0.5) is 14.5 Å². The normalized spacial score (nSPS) is 11.4. The van der Waals surface area contributed by atoms with Crippen molar-refractivity contribution in [2.75, 3.05) is 4.72 Å². The van der Waals surface area contributed by atoms with Crippen LogP contribution in [0.2, 0.25) is 0 Å². The minimum Gasteiger partial charge on any atom is -0.439 e. The number of imidazole rings is 1. The van der Waals surface area contributed by atoms with E-state index in [9.17, 15) is 17.2 Å². The highest BCUT2D eigenvalue weighted by Crippen LogP contribution is 2.24. The summed E-state index contributed by atoms with van der Waals surface area (Å²) in [6, 6.07) is 9.67. The van der Waals surface area contributed by atoms with Crippen LogP contribution in [0.5, 0.6) is 11.6 Å². The highest BCUT2D eigenvalue weighted by Gasteiger charge is 2.17. The van der Waals surface area contributed by atoms with Gasteiger partial charge in [0.05, 0.1) is 10.6 Å². The molecule has 8 nitrogen and oxygen atoms in total. The van der Waals surface area contributed by atoms with Crippen LogP contribution in [0.3, 0.4) is 0 Å². The number of rotatable bonds is 6. The number of aryl methyl sites for hydroxylation is 1. The maximum absolute atomic E-state index is 13.4. The third-order valence-corrected chi connectivity index (χ3v) is 5.96. The van der Waals surface area contributed by atoms with E-state index in [1.807, 2.05) is 13.8 Å². The first kappa shape index (κ1) is 21.4. The summed E-state index contributed by atoms with van der Waals surface area (Å²) in [4.78, 5) is 12.0. The number of hydrogen-bond acceptors (Lipinski definition) is 6. The largest absolute Gasteiger partial charge is 0.439 e. The predicted molar refractivity (Wildman–Crippen MR) is 112 cm³/mol. The molecule has 0 saturated carbocycles. The van der Waals surface area contributed by atoms with E-state index in [-0.39, 0.29) is 11.6 Å². The third-order valence-electron chi connectivity index (χ3n) is 4.60. The number of anilines is 1. The Balaban J connectivity index is 1.50. The van der Waals surface area contributed by atoms with E-state index in [2.05, 4.69) is 19.7 Å². The lowest BCUT2D eigenvalue weighted by Crippen LogP contribution is -2.13. The smallest absolute Gasteiger partial charge is 0.262 e. The minimum absolute atomic E-state index is 0.190. The van der Waals surface area contributed by atoms with E-state index in [0.29, 0.717) is 17.6 Å². The van der Waals surface area contributed by atoms with Crippen molar-refractivity contribution in [1.82, 2.24) is 19.5 Å². The number of hydrogen-bond donors (Lipinski definition) is 1. The maximum atomic E-state index is 13.4. The van der Waals surface area contributed by atoms with E-state index < -0.39 is 26.6 Å². The van der Waals surface area contributed by atoms with Gasteiger partial charge in [-0.1, -0.05) is 0 Å². The van der Waals surface area contributed by atoms with E-state index in [1.165, 1.54) is 30.6 Å². The first-order chi connectivity index (χ1) is 15.2. The molecule has 164 valence electrons. The zero-order valence-corrected chi connectivity index (χ0v) is 17.8. The minimum atomic E-state index is -4.17. The van der Waals surface area contributed by atoms with Crippen molar-refractivity contribution in [3.05, 3.63) is 84.2 Å². The fourth-order valence-electron chi connectivity index (χ4n) is 2.86. The van der Waals surface area contributed by atoms with Gasteiger partial charge in [0.2, 0.25) is 5.88 Å². The van der Waals surface area contributed by atoms with Gasteiger partial charge < -0.3 is 4.74 Å². The molecule has 1 N–H and O–H groups in total. The van der Waals surface area contributed by atoms with Gasteiger partial charge in [-0.2, -0.15) is 0 Å². The summed E-state index contributed by atoms with van der Waals surface area (Å²) >= 11 is 0. The molecule has 0 unspecified atom stereocenters. The van der Waals surface area contributed by atoms with Gasteiger partial charge in [0.1, 0.15) is 35.9 Å². The Kier molecular flexibility index (Phi) is 5.57. The molecule has 0 spiro atoms. The van der Waals surface area contributed by atoms with Crippen molar-refractivity contribution in [1.29, 1.82) is 0 Å². The number of benzene rings is 2. The Hall–Kier alpha value is -3.86. The molecule has 32 heavy (non-hydrogen) atoms. The molecule has 0 saturated heterocycles. The van der Waals surface area contributed by atoms with Crippen LogP contribution in [0.25, 0.3) is 5.82 Å². The molecule has 0 fully saturated rings. The SMILES string of the molecule is Cc1ncn(-c2cc(Oc3ccc(NS(=O)(=O)c4cc(F)cc(F)c4)cc3)ncn2)c1C. The Morgan fingerprint density at radius 1 is 0.938 bits per heavy atom. The number of ether oxygens (including phenoxy) is 1. The number of nitrogens with one attached hydrogen (secondary N) is 1. The van der Waals surface area contributed by atoms with E-state index in [0.717, 1.165) is 23.5 Å². The summed E-state index contributed by atoms with van der Waals surface area (Å²) in [5.74, 6) is -0.712. The van der Waals surface area contributed by atoms with Crippen LogP contribution in [0.1, 0.15) is 11.4 Å². The summed E-state index contributed by atoms with van der Waals surface area (Å²) < 4.78 is 61.3. The van der Waals surface area contributed by atoms with Crippen LogP contribution < -0.4 is 9.46 Å².